The summed E-state index contributed by atoms with van der Waals surface area (Å²) >= 11 is 11.2. The summed E-state index contributed by atoms with van der Waals surface area (Å²) in [7, 11) is 0. The van der Waals surface area contributed by atoms with E-state index in [-0.39, 0.29) is 15.8 Å². The molecule has 0 saturated heterocycles. The van der Waals surface area contributed by atoms with E-state index >= 15 is 0 Å². The highest BCUT2D eigenvalue weighted by molar-refractivity contribution is 7.80. The number of alkyl halides is 3. The van der Waals surface area contributed by atoms with Gasteiger partial charge in [-0.3, -0.25) is 0 Å². The third kappa shape index (κ3) is 4.03. The molecule has 0 aliphatic rings. The molecule has 0 radical (unpaired) electrons. The molecule has 0 amide bonds. The van der Waals surface area contributed by atoms with E-state index < -0.39 is 11.7 Å². The van der Waals surface area contributed by atoms with Crippen LogP contribution in [0.2, 0.25) is 5.02 Å². The van der Waals surface area contributed by atoms with Crippen molar-refractivity contribution in [1.82, 2.24) is 0 Å². The van der Waals surface area contributed by atoms with Crippen molar-refractivity contribution in [3.8, 4) is 0 Å². The normalized spacial score (nSPS) is 11.4. The van der Waals surface area contributed by atoms with Crippen molar-refractivity contribution in [3.63, 3.8) is 0 Å². The van der Waals surface area contributed by atoms with E-state index in [4.69, 9.17) is 23.8 Å². The first-order valence-corrected chi connectivity index (χ1v) is 8.06. The van der Waals surface area contributed by atoms with Gasteiger partial charge in [0, 0.05) is 11.1 Å². The predicted octanol–water partition coefficient (Wildman–Crippen LogP) is 6.32. The number of rotatable bonds is 2. The van der Waals surface area contributed by atoms with Gasteiger partial charge in [-0.1, -0.05) is 48.0 Å². The van der Waals surface area contributed by atoms with Crippen molar-refractivity contribution in [1.29, 1.82) is 0 Å². The fourth-order valence-corrected chi connectivity index (χ4v) is 2.79. The molecule has 0 aromatic heterocycles. The number of nitrogens with one attached hydrogen (secondary N) is 2. The zero-order valence-corrected chi connectivity index (χ0v) is 14.3. The molecule has 7 heteroatoms. The second kappa shape index (κ2) is 6.90. The molecule has 0 unspecified atom stereocenters. The third-order valence-corrected chi connectivity index (χ3v) is 4.11. The zero-order valence-electron chi connectivity index (χ0n) is 12.7. The number of thiocarbonyl (C=S) groups is 1. The lowest BCUT2D eigenvalue weighted by Gasteiger charge is -2.15. The summed E-state index contributed by atoms with van der Waals surface area (Å²) in [5.41, 5.74) is 0.0419. The second-order valence-electron chi connectivity index (χ2n) is 5.30. The van der Waals surface area contributed by atoms with Gasteiger partial charge in [0.25, 0.3) is 0 Å². The minimum absolute atomic E-state index is 0.0919. The molecule has 0 saturated carbocycles. The second-order valence-corrected chi connectivity index (χ2v) is 6.11. The van der Waals surface area contributed by atoms with E-state index in [0.29, 0.717) is 0 Å². The van der Waals surface area contributed by atoms with Gasteiger partial charge >= 0.3 is 6.18 Å². The molecule has 0 aliphatic carbocycles. The minimum atomic E-state index is -4.45. The van der Waals surface area contributed by atoms with E-state index in [1.807, 2.05) is 42.5 Å². The summed E-state index contributed by atoms with van der Waals surface area (Å²) in [4.78, 5) is 0. The Bertz CT molecular complexity index is 936. The van der Waals surface area contributed by atoms with Crippen LogP contribution < -0.4 is 10.6 Å². The van der Waals surface area contributed by atoms with Crippen LogP contribution >= 0.6 is 23.8 Å². The molecule has 0 bridgehead atoms. The van der Waals surface area contributed by atoms with E-state index in [1.165, 1.54) is 6.07 Å². The quantitative estimate of drug-likeness (QED) is 0.508. The number of hydrogen-bond acceptors (Lipinski definition) is 1. The van der Waals surface area contributed by atoms with Gasteiger partial charge in [0.05, 0.1) is 16.3 Å². The highest BCUT2D eigenvalue weighted by atomic mass is 35.5. The van der Waals surface area contributed by atoms with Crippen molar-refractivity contribution >= 4 is 51.1 Å². The Balaban J connectivity index is 1.83. The average molecular weight is 381 g/mol. The monoisotopic (exact) mass is 380 g/mol. The molecule has 0 atom stereocenters. The van der Waals surface area contributed by atoms with Crippen LogP contribution in [0.25, 0.3) is 10.8 Å². The zero-order chi connectivity index (χ0) is 18.0. The summed E-state index contributed by atoms with van der Waals surface area (Å²) in [5, 5.41) is 7.99. The molecule has 2 N–H and O–H groups in total. The molecule has 0 heterocycles. The Morgan fingerprint density at radius 3 is 2.32 bits per heavy atom. The first-order chi connectivity index (χ1) is 11.8. The molecule has 3 aromatic carbocycles. The number of anilines is 2. The van der Waals surface area contributed by atoms with Crippen LogP contribution in [0.1, 0.15) is 5.56 Å². The standard InChI is InChI=1S/C18H12ClF3N2S/c19-14-9-8-12(18(20,21)22)10-16(14)24-17(25)23-15-7-3-5-11-4-1-2-6-13(11)15/h1-10H,(H2,23,24,25). The van der Waals surface area contributed by atoms with Gasteiger partial charge in [-0.15, -0.1) is 0 Å². The molecule has 25 heavy (non-hydrogen) atoms. The smallest absolute Gasteiger partial charge is 0.332 e. The molecule has 128 valence electrons. The van der Waals surface area contributed by atoms with Gasteiger partial charge in [0.2, 0.25) is 0 Å². The van der Waals surface area contributed by atoms with Crippen LogP contribution in [-0.2, 0) is 6.18 Å². The Hall–Kier alpha value is -2.31. The molecule has 2 nitrogen and oxygen atoms in total. The predicted molar refractivity (Wildman–Crippen MR) is 100 cm³/mol. The SMILES string of the molecule is FC(F)(F)c1ccc(Cl)c(NC(=S)Nc2cccc3ccccc23)c1. The lowest BCUT2D eigenvalue weighted by atomic mass is 10.1. The topological polar surface area (TPSA) is 24.1 Å². The minimum Gasteiger partial charge on any atom is -0.332 e. The Morgan fingerprint density at radius 2 is 1.56 bits per heavy atom. The van der Waals surface area contributed by atoms with Gasteiger partial charge < -0.3 is 10.6 Å². The third-order valence-electron chi connectivity index (χ3n) is 3.58. The first-order valence-electron chi connectivity index (χ1n) is 7.27. The van der Waals surface area contributed by atoms with Crippen molar-refractivity contribution in [2.24, 2.45) is 0 Å². The number of fused-ring (bicyclic) bond motifs is 1. The maximum absolute atomic E-state index is 12.8. The van der Waals surface area contributed by atoms with Crippen LogP contribution in [0, 0.1) is 0 Å². The molecule has 0 spiro atoms. The molecule has 0 aliphatic heterocycles. The van der Waals surface area contributed by atoms with Crippen LogP contribution in [-0.4, -0.2) is 5.11 Å². The molecule has 0 fully saturated rings. The van der Waals surface area contributed by atoms with E-state index in [2.05, 4.69) is 10.6 Å². The maximum atomic E-state index is 12.8. The number of benzene rings is 3. The molecule has 3 aromatic rings. The van der Waals surface area contributed by atoms with Gasteiger partial charge in [-0.25, -0.2) is 0 Å². The van der Waals surface area contributed by atoms with Crippen LogP contribution in [0.15, 0.2) is 60.7 Å². The fourth-order valence-electron chi connectivity index (χ4n) is 2.41. The van der Waals surface area contributed by atoms with Gasteiger partial charge in [0.1, 0.15) is 0 Å². The number of hydrogen-bond donors (Lipinski definition) is 2. The molecular weight excluding hydrogens is 369 g/mol. The van der Waals surface area contributed by atoms with Gasteiger partial charge in [-0.05, 0) is 41.9 Å². The summed E-state index contributed by atoms with van der Waals surface area (Å²) in [5.74, 6) is 0. The molecular formula is C18H12ClF3N2S. The average Bonchev–Trinajstić information content (AvgIpc) is 2.56. The first kappa shape index (κ1) is 17.5. The maximum Gasteiger partial charge on any atom is 0.416 e. The van der Waals surface area contributed by atoms with E-state index in [0.717, 1.165) is 28.6 Å². The highest BCUT2D eigenvalue weighted by Gasteiger charge is 2.31. The van der Waals surface area contributed by atoms with E-state index in [1.54, 1.807) is 0 Å². The van der Waals surface area contributed by atoms with Crippen molar-refractivity contribution < 1.29 is 13.2 Å². The summed E-state index contributed by atoms with van der Waals surface area (Å²) in [6, 6.07) is 16.4. The summed E-state index contributed by atoms with van der Waals surface area (Å²) < 4.78 is 38.5. The fraction of sp³-hybridized carbons (Fsp3) is 0.0556. The molecule has 3 rings (SSSR count). The Labute approximate surface area is 152 Å². The van der Waals surface area contributed by atoms with Crippen molar-refractivity contribution in [2.75, 3.05) is 10.6 Å². The van der Waals surface area contributed by atoms with Crippen molar-refractivity contribution in [3.05, 3.63) is 71.2 Å². The largest absolute Gasteiger partial charge is 0.416 e. The Morgan fingerprint density at radius 1 is 0.880 bits per heavy atom. The van der Waals surface area contributed by atoms with Crippen molar-refractivity contribution in [2.45, 2.75) is 6.18 Å². The number of halogens is 4. The lowest BCUT2D eigenvalue weighted by molar-refractivity contribution is -0.137. The van der Waals surface area contributed by atoms with E-state index in [9.17, 15) is 13.2 Å². The Kier molecular flexibility index (Phi) is 4.83. The van der Waals surface area contributed by atoms with Crippen LogP contribution in [0.3, 0.4) is 0 Å². The van der Waals surface area contributed by atoms with Gasteiger partial charge in [-0.2, -0.15) is 13.2 Å². The van der Waals surface area contributed by atoms with Crippen LogP contribution in [0.4, 0.5) is 24.5 Å². The highest BCUT2D eigenvalue weighted by Crippen LogP contribution is 2.34. The lowest BCUT2D eigenvalue weighted by Crippen LogP contribution is -2.20. The van der Waals surface area contributed by atoms with Gasteiger partial charge in [0.15, 0.2) is 5.11 Å². The van der Waals surface area contributed by atoms with Crippen LogP contribution in [0.5, 0.6) is 0 Å². The summed E-state index contributed by atoms with van der Waals surface area (Å²) in [6.07, 6.45) is -4.45. The summed E-state index contributed by atoms with van der Waals surface area (Å²) in [6.45, 7) is 0.